The number of carbonyl (C=O) groups is 1. The van der Waals surface area contributed by atoms with Crippen molar-refractivity contribution in [3.05, 3.63) is 105 Å². The van der Waals surface area contributed by atoms with Gasteiger partial charge in [0.05, 0.1) is 25.4 Å². The van der Waals surface area contributed by atoms with Crippen LogP contribution in [0.3, 0.4) is 0 Å². The predicted octanol–water partition coefficient (Wildman–Crippen LogP) is 15.7. The fourth-order valence-corrected chi connectivity index (χ4v) is 9.00. The van der Waals surface area contributed by atoms with Gasteiger partial charge >= 0.3 is 11.6 Å². The molecule has 0 bridgehead atoms. The molecule has 5 rings (SSSR count). The standard InChI is InChI=1S/C57H70O6S/c1-6-10-12-14-16-18-20-22-24-26-37-61-51-30-28-29-45(55(51)62-38-27-25-23-21-19-17-15-13-11-7-2)31-32-46-40-49(44(8-3)39-43(46)5)54-36-35-53(64-54)48-34-33-47-41-50(56(58)60-9-4)57(59)63-52(47)42-48/h3,28-30,33-36,39-42H,6-7,9-27,37-38H2,1-2,4-5H3. The zero-order valence-corrected chi connectivity index (χ0v) is 39.9. The number of fused-ring (bicyclic) bond motifs is 1. The van der Waals surface area contributed by atoms with E-state index >= 15 is 0 Å². The molecule has 0 saturated heterocycles. The van der Waals surface area contributed by atoms with E-state index in [1.54, 1.807) is 18.3 Å². The molecule has 64 heavy (non-hydrogen) atoms. The van der Waals surface area contributed by atoms with Crippen LogP contribution in [-0.2, 0) is 4.74 Å². The summed E-state index contributed by atoms with van der Waals surface area (Å²) >= 11 is 1.59. The van der Waals surface area contributed by atoms with E-state index in [1.807, 2.05) is 55.5 Å². The SMILES string of the molecule is C#Cc1cc(C)c(C#Cc2cccc(OCCCCCCCCCCCC)c2OCCCCCCCCCCCC)cc1-c1ccc(-c2ccc3cc(C(=O)OCC)c(=O)oc3c2)s1. The van der Waals surface area contributed by atoms with Gasteiger partial charge in [0.2, 0.25) is 0 Å². The van der Waals surface area contributed by atoms with Crippen molar-refractivity contribution in [2.24, 2.45) is 0 Å². The number of carbonyl (C=O) groups excluding carboxylic acids is 1. The fourth-order valence-electron chi connectivity index (χ4n) is 7.97. The first-order valence-corrected chi connectivity index (χ1v) is 25.1. The molecule has 0 atom stereocenters. The minimum absolute atomic E-state index is 0.116. The van der Waals surface area contributed by atoms with Crippen LogP contribution in [0.2, 0.25) is 0 Å². The van der Waals surface area contributed by atoms with Gasteiger partial charge in [-0.3, -0.25) is 0 Å². The summed E-state index contributed by atoms with van der Waals surface area (Å²) in [4.78, 5) is 26.9. The maximum absolute atomic E-state index is 12.6. The molecule has 3 aromatic carbocycles. The van der Waals surface area contributed by atoms with Gasteiger partial charge in [-0.1, -0.05) is 165 Å². The van der Waals surface area contributed by atoms with Gasteiger partial charge in [-0.15, -0.1) is 17.8 Å². The highest BCUT2D eigenvalue weighted by atomic mass is 32.1. The summed E-state index contributed by atoms with van der Waals surface area (Å²) < 4.78 is 23.6. The number of hydrogen-bond donors (Lipinski definition) is 0. The number of rotatable bonds is 28. The molecule has 0 saturated carbocycles. The second-order valence-electron chi connectivity index (χ2n) is 16.9. The second kappa shape index (κ2) is 27.8. The zero-order valence-electron chi connectivity index (χ0n) is 39.0. The Morgan fingerprint density at radius 1 is 0.641 bits per heavy atom. The van der Waals surface area contributed by atoms with Gasteiger partial charge in [-0.05, 0) is 86.3 Å². The Hall–Kier alpha value is -5.24. The highest BCUT2D eigenvalue weighted by molar-refractivity contribution is 7.18. The monoisotopic (exact) mass is 882 g/mol. The lowest BCUT2D eigenvalue weighted by Crippen LogP contribution is -2.16. The zero-order chi connectivity index (χ0) is 45.4. The van der Waals surface area contributed by atoms with E-state index < -0.39 is 11.6 Å². The van der Waals surface area contributed by atoms with Crippen molar-refractivity contribution in [1.29, 1.82) is 0 Å². The van der Waals surface area contributed by atoms with E-state index in [0.717, 1.165) is 73.9 Å². The molecule has 0 aliphatic carbocycles. The summed E-state index contributed by atoms with van der Waals surface area (Å²) in [6, 6.07) is 21.4. The highest BCUT2D eigenvalue weighted by Crippen LogP contribution is 2.38. The van der Waals surface area contributed by atoms with Crippen LogP contribution in [0, 0.1) is 31.1 Å². The van der Waals surface area contributed by atoms with E-state index in [9.17, 15) is 9.59 Å². The third kappa shape index (κ3) is 15.5. The molecule has 7 heteroatoms. The second-order valence-corrected chi connectivity index (χ2v) is 18.0. The van der Waals surface area contributed by atoms with Crippen molar-refractivity contribution in [2.75, 3.05) is 19.8 Å². The summed E-state index contributed by atoms with van der Waals surface area (Å²) in [5.41, 5.74) is 4.83. The Morgan fingerprint density at radius 2 is 1.23 bits per heavy atom. The quantitative estimate of drug-likeness (QED) is 0.0216. The molecule has 0 fully saturated rings. The van der Waals surface area contributed by atoms with Crippen LogP contribution in [0.25, 0.3) is 31.9 Å². The van der Waals surface area contributed by atoms with Crippen LogP contribution < -0.4 is 15.1 Å². The molecule has 5 aromatic rings. The molecule has 6 nitrogen and oxygen atoms in total. The summed E-state index contributed by atoms with van der Waals surface area (Å²) in [6.45, 7) is 9.73. The van der Waals surface area contributed by atoms with E-state index in [1.165, 1.54) is 115 Å². The largest absolute Gasteiger partial charge is 0.490 e. The lowest BCUT2D eigenvalue weighted by atomic mass is 9.98. The molecule has 0 aliphatic heterocycles. The van der Waals surface area contributed by atoms with Gasteiger partial charge in [0.1, 0.15) is 11.1 Å². The van der Waals surface area contributed by atoms with E-state index in [4.69, 9.17) is 25.1 Å². The van der Waals surface area contributed by atoms with Crippen molar-refractivity contribution in [3.8, 4) is 56.6 Å². The summed E-state index contributed by atoms with van der Waals surface area (Å²) in [5, 5.41) is 0.637. The van der Waals surface area contributed by atoms with Crippen LogP contribution in [0.15, 0.2) is 75.9 Å². The van der Waals surface area contributed by atoms with E-state index in [0.29, 0.717) is 24.2 Å². The molecule has 0 radical (unpaired) electrons. The fraction of sp³-hybridized carbons (Fsp3) is 0.474. The number of esters is 1. The van der Waals surface area contributed by atoms with Crippen molar-refractivity contribution >= 4 is 28.3 Å². The molecule has 0 spiro atoms. The number of aryl methyl sites for hydroxylation is 1. The smallest absolute Gasteiger partial charge is 0.351 e. The Balaban J connectivity index is 1.30. The molecular formula is C57H70O6S. The van der Waals surface area contributed by atoms with Gasteiger partial charge in [0, 0.05) is 31.8 Å². The number of ether oxygens (including phenoxy) is 3. The van der Waals surface area contributed by atoms with Gasteiger partial charge in [0.15, 0.2) is 11.5 Å². The molecule has 0 unspecified atom stereocenters. The van der Waals surface area contributed by atoms with Crippen molar-refractivity contribution in [1.82, 2.24) is 0 Å². The van der Waals surface area contributed by atoms with Crippen LogP contribution >= 0.6 is 11.3 Å². The van der Waals surface area contributed by atoms with E-state index in [2.05, 4.69) is 43.7 Å². The maximum Gasteiger partial charge on any atom is 0.351 e. The number of terminal acetylenes is 1. The molecule has 0 N–H and O–H groups in total. The average molecular weight is 883 g/mol. The third-order valence-corrected chi connectivity index (χ3v) is 12.9. The molecule has 2 heterocycles. The van der Waals surface area contributed by atoms with Crippen LogP contribution in [0.5, 0.6) is 11.5 Å². The first kappa shape index (κ1) is 49.8. The van der Waals surface area contributed by atoms with Gasteiger partial charge < -0.3 is 18.6 Å². The number of unbranched alkanes of at least 4 members (excludes halogenated alkanes) is 18. The molecular weight excluding hydrogens is 813 g/mol. The van der Waals surface area contributed by atoms with Gasteiger partial charge in [-0.25, -0.2) is 9.59 Å². The first-order valence-electron chi connectivity index (χ1n) is 24.2. The van der Waals surface area contributed by atoms with Crippen molar-refractivity contribution in [2.45, 2.75) is 156 Å². The minimum Gasteiger partial charge on any atom is -0.490 e. The number of benzene rings is 3. The normalized spacial score (nSPS) is 11.0. The van der Waals surface area contributed by atoms with E-state index in [-0.39, 0.29) is 12.2 Å². The maximum atomic E-state index is 12.6. The van der Waals surface area contributed by atoms with Crippen LogP contribution in [0.4, 0.5) is 0 Å². The Kier molecular flexibility index (Phi) is 21.6. The topological polar surface area (TPSA) is 75.0 Å². The number of para-hydroxylation sites is 1. The minimum atomic E-state index is -0.724. The van der Waals surface area contributed by atoms with Crippen LogP contribution in [-0.4, -0.2) is 25.8 Å². The van der Waals surface area contributed by atoms with Gasteiger partial charge in [-0.2, -0.15) is 0 Å². The Morgan fingerprint density at radius 3 is 1.86 bits per heavy atom. The molecule has 0 aliphatic rings. The Bertz CT molecular complexity index is 2380. The summed E-state index contributed by atoms with van der Waals surface area (Å²) in [6.07, 6.45) is 31.6. The molecule has 0 amide bonds. The number of hydrogen-bond acceptors (Lipinski definition) is 7. The van der Waals surface area contributed by atoms with Crippen molar-refractivity contribution < 1.29 is 23.4 Å². The van der Waals surface area contributed by atoms with Crippen molar-refractivity contribution in [3.63, 3.8) is 0 Å². The highest BCUT2D eigenvalue weighted by Gasteiger charge is 2.17. The first-order chi connectivity index (χ1) is 31.4. The average Bonchev–Trinajstić information content (AvgIpc) is 3.80. The molecule has 2 aromatic heterocycles. The van der Waals surface area contributed by atoms with Gasteiger partial charge in [0.25, 0.3) is 0 Å². The lowest BCUT2D eigenvalue weighted by molar-refractivity contribution is 0.0521. The summed E-state index contributed by atoms with van der Waals surface area (Å²) in [7, 11) is 0. The molecule has 340 valence electrons. The summed E-state index contributed by atoms with van der Waals surface area (Å²) in [5.74, 6) is 10.6. The van der Waals surface area contributed by atoms with Crippen LogP contribution in [0.1, 0.15) is 182 Å². The third-order valence-electron chi connectivity index (χ3n) is 11.7. The number of thiophene rings is 1. The Labute approximate surface area is 387 Å². The lowest BCUT2D eigenvalue weighted by Gasteiger charge is -2.15. The predicted molar refractivity (Wildman–Crippen MR) is 267 cm³/mol.